The minimum atomic E-state index is -0.209. The third-order valence-electron chi connectivity index (χ3n) is 7.17. The van der Waals surface area contributed by atoms with E-state index in [0.717, 1.165) is 50.2 Å². The summed E-state index contributed by atoms with van der Waals surface area (Å²) in [7, 11) is 0. The van der Waals surface area contributed by atoms with E-state index >= 15 is 0 Å². The van der Waals surface area contributed by atoms with Gasteiger partial charge in [-0.15, -0.1) is 0 Å². The van der Waals surface area contributed by atoms with Crippen molar-refractivity contribution in [2.45, 2.75) is 33.1 Å². The number of imidazole rings is 1. The van der Waals surface area contributed by atoms with Crippen molar-refractivity contribution in [1.29, 1.82) is 0 Å². The number of benzene rings is 4. The number of fused-ring (bicyclic) bond motifs is 1. The van der Waals surface area contributed by atoms with Gasteiger partial charge in [-0.2, -0.15) is 0 Å². The van der Waals surface area contributed by atoms with Gasteiger partial charge >= 0.3 is 0 Å². The number of pyridine rings is 1. The maximum atomic E-state index is 11.5. The molecule has 4 nitrogen and oxygen atoms in total. The minimum absolute atomic E-state index is 0.209. The predicted octanol–water partition coefficient (Wildman–Crippen LogP) is 8.73. The number of nitrogens with zero attached hydrogens (tertiary/aromatic N) is 3. The number of phenols is 1. The van der Waals surface area contributed by atoms with E-state index in [1.807, 2.05) is 49.5 Å². The summed E-state index contributed by atoms with van der Waals surface area (Å²) in [6.07, 6.45) is 1.90. The van der Waals surface area contributed by atoms with E-state index in [2.05, 4.69) is 97.1 Å². The zero-order chi connectivity index (χ0) is 27.1. The van der Waals surface area contributed by atoms with Crippen LogP contribution in [-0.2, 0) is 5.41 Å². The molecule has 0 aliphatic heterocycles. The van der Waals surface area contributed by atoms with E-state index in [0.29, 0.717) is 11.4 Å². The van der Waals surface area contributed by atoms with Crippen LogP contribution in [0.4, 0.5) is 0 Å². The molecule has 0 atom stereocenters. The summed E-state index contributed by atoms with van der Waals surface area (Å²) in [4.78, 5) is 9.85. The molecule has 1 N–H and O–H groups in total. The topological polar surface area (TPSA) is 50.9 Å². The first kappa shape index (κ1) is 24.6. The summed E-state index contributed by atoms with van der Waals surface area (Å²) < 4.78 is 2.14. The van der Waals surface area contributed by atoms with Crippen LogP contribution >= 0.6 is 0 Å². The van der Waals surface area contributed by atoms with Gasteiger partial charge in [0, 0.05) is 23.0 Å². The molecule has 192 valence electrons. The van der Waals surface area contributed by atoms with Crippen molar-refractivity contribution in [3.8, 4) is 45.2 Å². The number of hydrogen-bond acceptors (Lipinski definition) is 3. The summed E-state index contributed by atoms with van der Waals surface area (Å²) in [6.45, 7) is 8.38. The van der Waals surface area contributed by atoms with Crippen molar-refractivity contribution in [3.05, 3.63) is 120 Å². The van der Waals surface area contributed by atoms with Gasteiger partial charge in [-0.05, 0) is 65.4 Å². The van der Waals surface area contributed by atoms with Crippen molar-refractivity contribution < 1.29 is 5.11 Å². The van der Waals surface area contributed by atoms with Crippen LogP contribution in [0, 0.1) is 6.92 Å². The molecule has 4 heteroatoms. The smallest absolute Gasteiger partial charge is 0.149 e. The maximum Gasteiger partial charge on any atom is 0.149 e. The predicted molar refractivity (Wildman–Crippen MR) is 160 cm³/mol. The molecule has 4 aromatic carbocycles. The largest absolute Gasteiger partial charge is 0.507 e. The lowest BCUT2D eigenvalue weighted by atomic mass is 9.85. The normalized spacial score (nSPS) is 11.7. The van der Waals surface area contributed by atoms with Gasteiger partial charge in [-0.3, -0.25) is 9.55 Å². The molecule has 0 radical (unpaired) electrons. The second kappa shape index (κ2) is 9.55. The van der Waals surface area contributed by atoms with Crippen LogP contribution in [0.5, 0.6) is 5.75 Å². The van der Waals surface area contributed by atoms with Crippen LogP contribution in [0.2, 0.25) is 0 Å². The van der Waals surface area contributed by atoms with E-state index < -0.39 is 0 Å². The number of para-hydroxylation sites is 3. The van der Waals surface area contributed by atoms with E-state index in [1.54, 1.807) is 0 Å². The Labute approximate surface area is 229 Å². The zero-order valence-corrected chi connectivity index (χ0v) is 22.7. The SMILES string of the molecule is Cc1ccc(-c2cccc(-c3cccc4c3nc(-c3cccc(C(C)(C)C)c3O)n4-c3ccccc3)c2)nc1. The zero-order valence-electron chi connectivity index (χ0n) is 22.7. The van der Waals surface area contributed by atoms with Gasteiger partial charge in [-0.1, -0.05) is 87.5 Å². The third-order valence-corrected chi connectivity index (χ3v) is 7.17. The van der Waals surface area contributed by atoms with Crippen LogP contribution in [0.25, 0.3) is 50.5 Å². The Morgan fingerprint density at radius 3 is 2.18 bits per heavy atom. The van der Waals surface area contributed by atoms with Crippen molar-refractivity contribution in [2.75, 3.05) is 0 Å². The molecule has 0 aliphatic rings. The summed E-state index contributed by atoms with van der Waals surface area (Å²) in [5.74, 6) is 0.982. The van der Waals surface area contributed by atoms with E-state index in [1.165, 1.54) is 0 Å². The Morgan fingerprint density at radius 1 is 0.718 bits per heavy atom. The van der Waals surface area contributed by atoms with E-state index in [9.17, 15) is 5.11 Å². The van der Waals surface area contributed by atoms with Gasteiger partial charge in [-0.25, -0.2) is 4.98 Å². The van der Waals surface area contributed by atoms with Gasteiger partial charge in [0.2, 0.25) is 0 Å². The average molecular weight is 510 g/mol. The molecular formula is C35H31N3O. The molecule has 0 aliphatic carbocycles. The number of aromatic hydroxyl groups is 1. The average Bonchev–Trinajstić information content (AvgIpc) is 3.33. The molecule has 0 bridgehead atoms. The van der Waals surface area contributed by atoms with Gasteiger partial charge < -0.3 is 5.11 Å². The van der Waals surface area contributed by atoms with Gasteiger partial charge in [0.05, 0.1) is 22.3 Å². The molecule has 39 heavy (non-hydrogen) atoms. The number of phenolic OH excluding ortho intramolecular Hbond substituents is 1. The van der Waals surface area contributed by atoms with Crippen molar-refractivity contribution >= 4 is 11.0 Å². The molecule has 0 saturated carbocycles. The van der Waals surface area contributed by atoms with Crippen molar-refractivity contribution in [2.24, 2.45) is 0 Å². The number of aromatic nitrogens is 3. The monoisotopic (exact) mass is 509 g/mol. The van der Waals surface area contributed by atoms with Gasteiger partial charge in [0.25, 0.3) is 0 Å². The van der Waals surface area contributed by atoms with Crippen molar-refractivity contribution in [1.82, 2.24) is 14.5 Å². The number of rotatable bonds is 4. The molecule has 2 heterocycles. The second-order valence-corrected chi connectivity index (χ2v) is 11.0. The van der Waals surface area contributed by atoms with Crippen LogP contribution in [0.15, 0.2) is 109 Å². The minimum Gasteiger partial charge on any atom is -0.507 e. The summed E-state index contributed by atoms with van der Waals surface area (Å²) in [6, 6.07) is 35.0. The molecule has 6 aromatic rings. The fourth-order valence-corrected chi connectivity index (χ4v) is 5.17. The Hall–Kier alpha value is -4.70. The highest BCUT2D eigenvalue weighted by Gasteiger charge is 2.24. The maximum absolute atomic E-state index is 11.5. The van der Waals surface area contributed by atoms with Gasteiger partial charge in [0.1, 0.15) is 11.6 Å². The summed E-state index contributed by atoms with van der Waals surface area (Å²) >= 11 is 0. The number of aryl methyl sites for hydroxylation is 1. The van der Waals surface area contributed by atoms with Crippen LogP contribution in [0.1, 0.15) is 31.9 Å². The molecule has 0 spiro atoms. The van der Waals surface area contributed by atoms with Crippen LogP contribution < -0.4 is 0 Å². The van der Waals surface area contributed by atoms with Crippen LogP contribution in [-0.4, -0.2) is 19.6 Å². The standard InChI is InChI=1S/C35H31N3O/c1-23-19-20-30(36-22-23)25-12-8-11-24(21-25)27-15-10-18-31-32(27)37-34(38(31)26-13-6-5-7-14-26)28-16-9-17-29(33(28)39)35(2,3)4/h5-22,39H,1-4H3. The van der Waals surface area contributed by atoms with E-state index in [4.69, 9.17) is 4.98 Å². The Kier molecular flexibility index (Phi) is 6.03. The first-order chi connectivity index (χ1) is 18.8. The molecule has 6 rings (SSSR count). The summed E-state index contributed by atoms with van der Waals surface area (Å²) in [5, 5.41) is 11.5. The van der Waals surface area contributed by atoms with Crippen molar-refractivity contribution in [3.63, 3.8) is 0 Å². The fourth-order valence-electron chi connectivity index (χ4n) is 5.17. The van der Waals surface area contributed by atoms with E-state index in [-0.39, 0.29) is 11.2 Å². The molecule has 0 saturated heterocycles. The molecule has 0 unspecified atom stereocenters. The second-order valence-electron chi connectivity index (χ2n) is 11.0. The van der Waals surface area contributed by atoms with Crippen LogP contribution in [0.3, 0.4) is 0 Å². The molecule has 0 fully saturated rings. The quantitative estimate of drug-likeness (QED) is 0.258. The lowest BCUT2D eigenvalue weighted by Gasteiger charge is -2.22. The highest BCUT2D eigenvalue weighted by atomic mass is 16.3. The Bertz CT molecular complexity index is 1790. The highest BCUT2D eigenvalue weighted by molar-refractivity contribution is 5.96. The summed E-state index contributed by atoms with van der Waals surface area (Å²) in [5.41, 5.74) is 9.48. The lowest BCUT2D eigenvalue weighted by Crippen LogP contribution is -2.11. The third kappa shape index (κ3) is 4.48. The first-order valence-corrected chi connectivity index (χ1v) is 13.2. The Morgan fingerprint density at radius 2 is 1.44 bits per heavy atom. The highest BCUT2D eigenvalue weighted by Crippen LogP contribution is 2.41. The fraction of sp³-hybridized carbons (Fsp3) is 0.143. The molecule has 2 aromatic heterocycles. The molecular weight excluding hydrogens is 478 g/mol. The number of hydrogen-bond donors (Lipinski definition) is 1. The Balaban J connectivity index is 1.60. The molecule has 0 amide bonds. The lowest BCUT2D eigenvalue weighted by molar-refractivity contribution is 0.448. The first-order valence-electron chi connectivity index (χ1n) is 13.2. The van der Waals surface area contributed by atoms with Gasteiger partial charge in [0.15, 0.2) is 0 Å².